The quantitative estimate of drug-likeness (QED) is 0.476. The maximum atomic E-state index is 11.1. The normalized spacial score (nSPS) is 14.2. The number of amides is 1. The van der Waals surface area contributed by atoms with Crippen molar-refractivity contribution in [2.24, 2.45) is 0 Å². The molecule has 0 aromatic carbocycles. The standard InChI is InChI=1S/C10H16N2O4/c1-8(9(13)14)2-3-11-10(15)16-7-6-12-4-5-12/h1-7H2,(H,11,15)(H,13,14). The topological polar surface area (TPSA) is 78.6 Å². The second-order valence-electron chi connectivity index (χ2n) is 3.56. The molecule has 1 heterocycles. The minimum Gasteiger partial charge on any atom is -0.478 e. The van der Waals surface area contributed by atoms with Crippen LogP contribution in [0.15, 0.2) is 12.2 Å². The lowest BCUT2D eigenvalue weighted by Crippen LogP contribution is -2.27. The van der Waals surface area contributed by atoms with Gasteiger partial charge in [0.15, 0.2) is 0 Å². The van der Waals surface area contributed by atoms with Crippen molar-refractivity contribution < 1.29 is 19.4 Å². The van der Waals surface area contributed by atoms with E-state index in [-0.39, 0.29) is 18.5 Å². The van der Waals surface area contributed by atoms with Gasteiger partial charge in [0.2, 0.25) is 0 Å². The van der Waals surface area contributed by atoms with Crippen molar-refractivity contribution in [3.63, 3.8) is 0 Å². The van der Waals surface area contributed by atoms with Crippen LogP contribution in [-0.2, 0) is 9.53 Å². The summed E-state index contributed by atoms with van der Waals surface area (Å²) in [5, 5.41) is 11.0. The van der Waals surface area contributed by atoms with Gasteiger partial charge in [-0.05, 0) is 6.42 Å². The molecule has 1 amide bonds. The molecule has 1 aliphatic heterocycles. The van der Waals surface area contributed by atoms with E-state index in [0.29, 0.717) is 6.61 Å². The van der Waals surface area contributed by atoms with Gasteiger partial charge in [-0.2, -0.15) is 0 Å². The highest BCUT2D eigenvalue weighted by molar-refractivity contribution is 5.85. The molecule has 90 valence electrons. The number of carbonyl (C=O) groups excluding carboxylic acids is 1. The van der Waals surface area contributed by atoms with Gasteiger partial charge in [0.05, 0.1) is 0 Å². The third-order valence-electron chi connectivity index (χ3n) is 2.18. The van der Waals surface area contributed by atoms with Crippen molar-refractivity contribution in [1.29, 1.82) is 0 Å². The largest absolute Gasteiger partial charge is 0.478 e. The van der Waals surface area contributed by atoms with Crippen LogP contribution in [0, 0.1) is 0 Å². The maximum absolute atomic E-state index is 11.1. The Bertz CT molecular complexity index is 287. The van der Waals surface area contributed by atoms with E-state index in [1.165, 1.54) is 0 Å². The molecule has 0 unspecified atom stereocenters. The predicted molar refractivity (Wildman–Crippen MR) is 57.2 cm³/mol. The molecule has 0 saturated carbocycles. The zero-order valence-electron chi connectivity index (χ0n) is 9.07. The first kappa shape index (κ1) is 12.5. The Morgan fingerprint density at radius 1 is 1.44 bits per heavy atom. The zero-order valence-corrected chi connectivity index (χ0v) is 9.07. The highest BCUT2D eigenvalue weighted by Gasteiger charge is 2.16. The highest BCUT2D eigenvalue weighted by atomic mass is 16.5. The Hall–Kier alpha value is -1.56. The minimum atomic E-state index is -1.04. The number of nitrogens with one attached hydrogen (secondary N) is 1. The monoisotopic (exact) mass is 228 g/mol. The van der Waals surface area contributed by atoms with Crippen LogP contribution in [0.1, 0.15) is 6.42 Å². The maximum Gasteiger partial charge on any atom is 0.407 e. The number of nitrogens with zero attached hydrogens (tertiary/aromatic N) is 1. The van der Waals surface area contributed by atoms with Gasteiger partial charge in [-0.15, -0.1) is 0 Å². The third kappa shape index (κ3) is 5.35. The van der Waals surface area contributed by atoms with E-state index in [1.54, 1.807) is 0 Å². The van der Waals surface area contributed by atoms with Crippen LogP contribution in [0.3, 0.4) is 0 Å². The molecule has 1 aliphatic rings. The number of ether oxygens (including phenoxy) is 1. The first-order valence-corrected chi connectivity index (χ1v) is 5.13. The van der Waals surface area contributed by atoms with Gasteiger partial charge in [0, 0.05) is 31.8 Å². The number of carbonyl (C=O) groups is 2. The fraction of sp³-hybridized carbons (Fsp3) is 0.600. The summed E-state index contributed by atoms with van der Waals surface area (Å²) in [5.41, 5.74) is 0.0735. The number of carboxylic acids is 1. The first-order valence-electron chi connectivity index (χ1n) is 5.13. The van der Waals surface area contributed by atoms with Crippen molar-refractivity contribution in [1.82, 2.24) is 10.2 Å². The number of carboxylic acid groups (broad SMARTS) is 1. The number of hydrogen-bond acceptors (Lipinski definition) is 4. The van der Waals surface area contributed by atoms with E-state index in [2.05, 4.69) is 16.8 Å². The smallest absolute Gasteiger partial charge is 0.407 e. The van der Waals surface area contributed by atoms with Crippen LogP contribution in [0.2, 0.25) is 0 Å². The fourth-order valence-electron chi connectivity index (χ4n) is 1.04. The van der Waals surface area contributed by atoms with Crippen LogP contribution in [-0.4, -0.2) is 54.9 Å². The van der Waals surface area contributed by atoms with E-state index in [9.17, 15) is 9.59 Å². The molecule has 0 aromatic heterocycles. The summed E-state index contributed by atoms with van der Waals surface area (Å²) in [5.74, 6) is -1.04. The summed E-state index contributed by atoms with van der Waals surface area (Å²) in [4.78, 5) is 23.6. The Balaban J connectivity index is 1.96. The van der Waals surface area contributed by atoms with Crippen molar-refractivity contribution in [2.45, 2.75) is 6.42 Å². The lowest BCUT2D eigenvalue weighted by atomic mass is 10.2. The summed E-state index contributed by atoms with van der Waals surface area (Å²) < 4.78 is 4.87. The second kappa shape index (κ2) is 6.12. The zero-order chi connectivity index (χ0) is 12.0. The molecule has 0 bridgehead atoms. The average Bonchev–Trinajstić information content (AvgIpc) is 3.01. The Morgan fingerprint density at radius 3 is 2.69 bits per heavy atom. The van der Waals surface area contributed by atoms with Crippen molar-refractivity contribution in [3.05, 3.63) is 12.2 Å². The molecular weight excluding hydrogens is 212 g/mol. The molecule has 1 fully saturated rings. The van der Waals surface area contributed by atoms with Crippen LogP contribution in [0.5, 0.6) is 0 Å². The van der Waals surface area contributed by atoms with E-state index < -0.39 is 12.1 Å². The van der Waals surface area contributed by atoms with Crippen LogP contribution in [0.25, 0.3) is 0 Å². The van der Waals surface area contributed by atoms with Crippen molar-refractivity contribution in [2.75, 3.05) is 32.8 Å². The van der Waals surface area contributed by atoms with Crippen molar-refractivity contribution >= 4 is 12.1 Å². The molecule has 2 N–H and O–H groups in total. The van der Waals surface area contributed by atoms with E-state index >= 15 is 0 Å². The Kier molecular flexibility index (Phi) is 4.78. The summed E-state index contributed by atoms with van der Waals surface area (Å²) in [6.45, 7) is 6.85. The van der Waals surface area contributed by atoms with Gasteiger partial charge in [-0.1, -0.05) is 6.58 Å². The SMILES string of the molecule is C=C(CCNC(=O)OCCN1CC1)C(=O)O. The second-order valence-corrected chi connectivity index (χ2v) is 3.56. The molecular formula is C10H16N2O4. The number of aliphatic carboxylic acids is 1. The molecule has 0 atom stereocenters. The van der Waals surface area contributed by atoms with Crippen LogP contribution in [0.4, 0.5) is 4.79 Å². The molecule has 1 rings (SSSR count). The predicted octanol–water partition coefficient (Wildman–Crippen LogP) is 0.0591. The van der Waals surface area contributed by atoms with Gasteiger partial charge in [-0.3, -0.25) is 4.90 Å². The minimum absolute atomic E-state index is 0.0735. The first-order chi connectivity index (χ1) is 7.59. The Labute approximate surface area is 93.9 Å². The van der Waals surface area contributed by atoms with Crippen LogP contribution >= 0.6 is 0 Å². The fourth-order valence-corrected chi connectivity index (χ4v) is 1.04. The van der Waals surface area contributed by atoms with Gasteiger partial charge < -0.3 is 15.2 Å². The molecule has 16 heavy (non-hydrogen) atoms. The third-order valence-corrected chi connectivity index (χ3v) is 2.18. The van der Waals surface area contributed by atoms with Crippen molar-refractivity contribution in [3.8, 4) is 0 Å². The molecule has 6 heteroatoms. The summed E-state index contributed by atoms with van der Waals surface area (Å²) in [6, 6.07) is 0. The van der Waals surface area contributed by atoms with E-state index in [4.69, 9.17) is 9.84 Å². The molecule has 0 aromatic rings. The Morgan fingerprint density at radius 2 is 2.12 bits per heavy atom. The molecule has 0 spiro atoms. The number of alkyl carbamates (subject to hydrolysis) is 1. The van der Waals surface area contributed by atoms with Gasteiger partial charge >= 0.3 is 12.1 Å². The summed E-state index contributed by atoms with van der Waals surface area (Å²) in [7, 11) is 0. The average molecular weight is 228 g/mol. The summed E-state index contributed by atoms with van der Waals surface area (Å²) in [6.07, 6.45) is -0.295. The number of hydrogen-bond donors (Lipinski definition) is 2. The summed E-state index contributed by atoms with van der Waals surface area (Å²) >= 11 is 0. The van der Waals surface area contributed by atoms with E-state index in [1.807, 2.05) is 0 Å². The molecule has 0 aliphatic carbocycles. The highest BCUT2D eigenvalue weighted by Crippen LogP contribution is 2.01. The lowest BCUT2D eigenvalue weighted by molar-refractivity contribution is -0.132. The lowest BCUT2D eigenvalue weighted by Gasteiger charge is -2.06. The van der Waals surface area contributed by atoms with Gasteiger partial charge in [0.1, 0.15) is 6.61 Å². The molecule has 6 nitrogen and oxygen atoms in total. The van der Waals surface area contributed by atoms with E-state index in [0.717, 1.165) is 19.6 Å². The van der Waals surface area contributed by atoms with Gasteiger partial charge in [0.25, 0.3) is 0 Å². The van der Waals surface area contributed by atoms with Gasteiger partial charge in [-0.25, -0.2) is 9.59 Å². The molecule has 1 saturated heterocycles. The molecule has 0 radical (unpaired) electrons. The number of rotatable bonds is 7. The van der Waals surface area contributed by atoms with Crippen LogP contribution < -0.4 is 5.32 Å².